The molecular weight excluding hydrogens is 484 g/mol. The summed E-state index contributed by atoms with van der Waals surface area (Å²) in [6, 6.07) is 26.8. The van der Waals surface area contributed by atoms with Crippen molar-refractivity contribution in [2.24, 2.45) is 21.6 Å². The van der Waals surface area contributed by atoms with Crippen LogP contribution >= 0.6 is 0 Å². The van der Waals surface area contributed by atoms with E-state index >= 15 is 0 Å². The molecular formula is C34H28N2O3. The molecule has 5 heteroatoms. The van der Waals surface area contributed by atoms with Gasteiger partial charge in [-0.2, -0.15) is 5.11 Å². The molecule has 0 saturated heterocycles. The van der Waals surface area contributed by atoms with E-state index in [1.807, 2.05) is 30.3 Å². The maximum atomic E-state index is 12.7. The zero-order valence-electron chi connectivity index (χ0n) is 21.7. The average molecular weight is 513 g/mol. The summed E-state index contributed by atoms with van der Waals surface area (Å²) >= 11 is 0. The number of hydrogen-bond acceptors (Lipinski definition) is 4. The fourth-order valence-corrected chi connectivity index (χ4v) is 8.17. The summed E-state index contributed by atoms with van der Waals surface area (Å²) in [4.78, 5) is 12.7. The van der Waals surface area contributed by atoms with Crippen molar-refractivity contribution in [3.05, 3.63) is 95.6 Å². The van der Waals surface area contributed by atoms with Gasteiger partial charge in [-0.3, -0.25) is 4.79 Å². The molecule has 1 saturated carbocycles. The number of nitrogens with zero attached hydrogens (tertiary/aromatic N) is 2. The number of aliphatic hydroxyl groups is 1. The minimum absolute atomic E-state index is 0.00692. The maximum Gasteiger partial charge on any atom is 0.307 e. The summed E-state index contributed by atoms with van der Waals surface area (Å²) in [5.41, 5.74) is 6.91. The number of aliphatic carboxylic acids is 1. The highest BCUT2D eigenvalue weighted by Gasteiger charge is 2.60. The van der Waals surface area contributed by atoms with E-state index in [1.54, 1.807) is 0 Å². The van der Waals surface area contributed by atoms with Crippen molar-refractivity contribution < 1.29 is 15.0 Å². The van der Waals surface area contributed by atoms with Gasteiger partial charge in [-0.15, -0.1) is 5.11 Å². The van der Waals surface area contributed by atoms with Crippen molar-refractivity contribution in [2.75, 3.05) is 0 Å². The van der Waals surface area contributed by atoms with Crippen LogP contribution in [-0.4, -0.2) is 21.9 Å². The first kappa shape index (κ1) is 22.9. The van der Waals surface area contributed by atoms with Crippen LogP contribution in [0, 0.1) is 11.3 Å². The molecule has 192 valence electrons. The highest BCUT2D eigenvalue weighted by atomic mass is 16.4. The smallest absolute Gasteiger partial charge is 0.307 e. The first-order valence-corrected chi connectivity index (χ1v) is 13.8. The van der Waals surface area contributed by atoms with Gasteiger partial charge in [0.25, 0.3) is 0 Å². The van der Waals surface area contributed by atoms with Gasteiger partial charge in [0, 0.05) is 28.9 Å². The summed E-state index contributed by atoms with van der Waals surface area (Å²) in [5, 5.41) is 34.4. The molecule has 8 rings (SSSR count). The Hall–Kier alpha value is -4.09. The number of fused-ring (bicyclic) bond motifs is 6. The van der Waals surface area contributed by atoms with Crippen molar-refractivity contribution >= 4 is 28.0 Å². The molecule has 0 heterocycles. The van der Waals surface area contributed by atoms with Crippen LogP contribution in [0.1, 0.15) is 49.7 Å². The van der Waals surface area contributed by atoms with Crippen LogP contribution in [0.5, 0.6) is 0 Å². The Morgan fingerprint density at radius 2 is 1.64 bits per heavy atom. The van der Waals surface area contributed by atoms with Crippen LogP contribution in [0.4, 0.5) is 5.69 Å². The summed E-state index contributed by atoms with van der Waals surface area (Å²) in [5.74, 6) is -1.50. The van der Waals surface area contributed by atoms with Crippen LogP contribution < -0.4 is 0 Å². The van der Waals surface area contributed by atoms with Gasteiger partial charge in [-0.1, -0.05) is 86.1 Å². The first-order chi connectivity index (χ1) is 18.9. The standard InChI is InChI=1S/C34H28N2O3/c1-33-17-7-14-24-21-10-3-5-12-25(21)31(30(24)33)34(39,18-26(33)32(37)38)36-35-27-16-15-19-8-6-13-22-20-9-2-4-11-23(20)29(27)28(19)22/h2-6,8-13,15-16,24,26,39H,7,14,17-18H2,1H3,(H,37,38). The lowest BCUT2D eigenvalue weighted by Gasteiger charge is -2.49. The van der Waals surface area contributed by atoms with Gasteiger partial charge >= 0.3 is 5.97 Å². The molecule has 0 aromatic heterocycles. The minimum atomic E-state index is -1.72. The number of azo groups is 1. The Morgan fingerprint density at radius 3 is 2.46 bits per heavy atom. The molecule has 4 aromatic rings. The third-order valence-electron chi connectivity index (χ3n) is 9.82. The molecule has 5 nitrogen and oxygen atoms in total. The van der Waals surface area contributed by atoms with Crippen LogP contribution in [0.2, 0.25) is 0 Å². The molecule has 4 unspecified atom stereocenters. The van der Waals surface area contributed by atoms with Gasteiger partial charge in [0.1, 0.15) is 0 Å². The van der Waals surface area contributed by atoms with Crippen LogP contribution in [-0.2, 0) is 4.79 Å². The van der Waals surface area contributed by atoms with Gasteiger partial charge < -0.3 is 10.2 Å². The zero-order valence-corrected chi connectivity index (χ0v) is 21.7. The summed E-state index contributed by atoms with van der Waals surface area (Å²) in [7, 11) is 0. The molecule has 0 bridgehead atoms. The highest BCUT2D eigenvalue weighted by Crippen LogP contribution is 2.66. The SMILES string of the molecule is CC12CCCC3C1=C(c1ccccc13)C(O)(N=Nc1ccc3cccc4c3c1-c1ccccc1-4)CC2C(=O)O. The highest BCUT2D eigenvalue weighted by molar-refractivity contribution is 6.18. The fourth-order valence-electron chi connectivity index (χ4n) is 8.17. The van der Waals surface area contributed by atoms with E-state index in [1.165, 1.54) is 16.7 Å². The molecule has 1 fully saturated rings. The number of carboxylic acid groups (broad SMARTS) is 1. The van der Waals surface area contributed by atoms with Gasteiger partial charge in [-0.05, 0) is 63.1 Å². The van der Waals surface area contributed by atoms with Gasteiger partial charge in [0.05, 0.1) is 11.6 Å². The lowest BCUT2D eigenvalue weighted by Crippen LogP contribution is -2.48. The second-order valence-electron chi connectivity index (χ2n) is 11.8. The largest absolute Gasteiger partial charge is 0.481 e. The number of carbonyl (C=O) groups is 1. The number of carboxylic acids is 1. The number of hydrogen-bond donors (Lipinski definition) is 2. The van der Waals surface area contributed by atoms with Crippen LogP contribution in [0.25, 0.3) is 38.6 Å². The number of rotatable bonds is 3. The third-order valence-corrected chi connectivity index (χ3v) is 9.82. The third kappa shape index (κ3) is 2.91. The average Bonchev–Trinajstić information content (AvgIpc) is 3.48. The minimum Gasteiger partial charge on any atom is -0.481 e. The van der Waals surface area contributed by atoms with Gasteiger partial charge in [0.2, 0.25) is 5.72 Å². The Kier molecular flexibility index (Phi) is 4.53. The molecule has 0 spiro atoms. The zero-order chi connectivity index (χ0) is 26.5. The van der Waals surface area contributed by atoms with E-state index in [0.29, 0.717) is 5.69 Å². The Morgan fingerprint density at radius 1 is 0.897 bits per heavy atom. The van der Waals surface area contributed by atoms with E-state index in [9.17, 15) is 15.0 Å². The van der Waals surface area contributed by atoms with E-state index in [0.717, 1.165) is 57.9 Å². The molecule has 4 aromatic carbocycles. The van der Waals surface area contributed by atoms with E-state index in [4.69, 9.17) is 5.11 Å². The quantitative estimate of drug-likeness (QED) is 0.240. The molecule has 0 radical (unpaired) electrons. The normalized spacial score (nSPS) is 28.1. The predicted molar refractivity (Wildman–Crippen MR) is 152 cm³/mol. The van der Waals surface area contributed by atoms with Crippen molar-refractivity contribution in [3.63, 3.8) is 0 Å². The predicted octanol–water partition coefficient (Wildman–Crippen LogP) is 8.11. The second kappa shape index (κ2) is 7.73. The lowest BCUT2D eigenvalue weighted by atomic mass is 9.55. The van der Waals surface area contributed by atoms with Crippen molar-refractivity contribution in [3.8, 4) is 22.3 Å². The molecule has 4 aliphatic carbocycles. The first-order valence-electron chi connectivity index (χ1n) is 13.8. The van der Waals surface area contributed by atoms with Crippen molar-refractivity contribution in [1.29, 1.82) is 0 Å². The maximum absolute atomic E-state index is 12.7. The van der Waals surface area contributed by atoms with Crippen LogP contribution in [0.15, 0.2) is 94.7 Å². The Balaban J connectivity index is 1.34. The summed E-state index contributed by atoms with van der Waals surface area (Å²) in [6.07, 6.45) is 2.74. The van der Waals surface area contributed by atoms with E-state index < -0.39 is 23.0 Å². The van der Waals surface area contributed by atoms with E-state index in [-0.39, 0.29) is 12.3 Å². The van der Waals surface area contributed by atoms with Crippen molar-refractivity contribution in [1.82, 2.24) is 0 Å². The molecule has 0 aliphatic heterocycles. The molecule has 4 aliphatic rings. The number of benzene rings is 4. The Labute approximate surface area is 226 Å². The number of allylic oxidation sites excluding steroid dienone is 1. The molecule has 0 amide bonds. The van der Waals surface area contributed by atoms with Crippen molar-refractivity contribution in [2.45, 2.75) is 44.2 Å². The monoisotopic (exact) mass is 512 g/mol. The summed E-state index contributed by atoms with van der Waals surface area (Å²) in [6.45, 7) is 2.08. The second-order valence-corrected chi connectivity index (χ2v) is 11.8. The van der Waals surface area contributed by atoms with Gasteiger partial charge in [0.15, 0.2) is 0 Å². The molecule has 39 heavy (non-hydrogen) atoms. The van der Waals surface area contributed by atoms with Gasteiger partial charge in [-0.25, -0.2) is 0 Å². The lowest BCUT2D eigenvalue weighted by molar-refractivity contribution is -0.149. The fraction of sp³-hybridized carbons (Fsp3) is 0.265. The molecule has 4 atom stereocenters. The van der Waals surface area contributed by atoms with Crippen LogP contribution in [0.3, 0.4) is 0 Å². The summed E-state index contributed by atoms with van der Waals surface area (Å²) < 4.78 is 0. The van der Waals surface area contributed by atoms with E-state index in [2.05, 4.69) is 60.6 Å². The topological polar surface area (TPSA) is 82.2 Å². The Bertz CT molecular complexity index is 1800. The molecule has 2 N–H and O–H groups in total.